The Labute approximate surface area is 144 Å². The fraction of sp³-hybridized carbons (Fsp3) is 0. The SMILES string of the molecule is O=[N+]([O-])c1cccc2nc(/C=C/c3c(Cl)nc4sccn34)ccc12. The molecular weight excluding hydrogens is 348 g/mol. The Morgan fingerprint density at radius 2 is 2.08 bits per heavy atom. The molecule has 0 unspecified atom stereocenters. The van der Waals surface area contributed by atoms with Crippen molar-refractivity contribution in [2.45, 2.75) is 0 Å². The number of nitro groups is 1. The number of nitrogens with zero attached hydrogens (tertiary/aromatic N) is 4. The molecule has 1 aromatic carbocycles. The number of nitro benzene ring substituents is 1. The van der Waals surface area contributed by atoms with Crippen LogP contribution in [0.4, 0.5) is 5.69 Å². The van der Waals surface area contributed by atoms with Crippen LogP contribution in [-0.4, -0.2) is 19.3 Å². The highest BCUT2D eigenvalue weighted by atomic mass is 35.5. The summed E-state index contributed by atoms with van der Waals surface area (Å²) in [5, 5.41) is 13.9. The summed E-state index contributed by atoms with van der Waals surface area (Å²) in [7, 11) is 0. The Morgan fingerprint density at radius 3 is 2.92 bits per heavy atom. The van der Waals surface area contributed by atoms with Crippen LogP contribution in [-0.2, 0) is 0 Å². The number of pyridine rings is 1. The van der Waals surface area contributed by atoms with Crippen LogP contribution >= 0.6 is 22.9 Å². The van der Waals surface area contributed by atoms with E-state index in [0.717, 1.165) is 10.7 Å². The zero-order chi connectivity index (χ0) is 16.7. The monoisotopic (exact) mass is 356 g/mol. The van der Waals surface area contributed by atoms with E-state index in [1.165, 1.54) is 17.4 Å². The number of hydrogen-bond donors (Lipinski definition) is 0. The third-order valence-corrected chi connectivity index (χ3v) is 4.63. The van der Waals surface area contributed by atoms with E-state index in [9.17, 15) is 10.1 Å². The van der Waals surface area contributed by atoms with E-state index in [2.05, 4.69) is 9.97 Å². The highest BCUT2D eigenvalue weighted by Crippen LogP contribution is 2.26. The molecule has 0 aliphatic rings. The van der Waals surface area contributed by atoms with Gasteiger partial charge in [0, 0.05) is 17.6 Å². The Kier molecular flexibility index (Phi) is 3.51. The van der Waals surface area contributed by atoms with E-state index < -0.39 is 4.92 Å². The summed E-state index contributed by atoms with van der Waals surface area (Å²) in [6.07, 6.45) is 5.54. The molecule has 0 spiro atoms. The van der Waals surface area contributed by atoms with Crippen molar-refractivity contribution < 1.29 is 4.92 Å². The zero-order valence-corrected chi connectivity index (χ0v) is 13.7. The Morgan fingerprint density at radius 1 is 1.21 bits per heavy atom. The van der Waals surface area contributed by atoms with Gasteiger partial charge in [0.2, 0.25) is 0 Å². The number of hydrogen-bond acceptors (Lipinski definition) is 5. The van der Waals surface area contributed by atoms with Gasteiger partial charge in [0.05, 0.1) is 27.2 Å². The molecule has 3 heterocycles. The van der Waals surface area contributed by atoms with E-state index >= 15 is 0 Å². The maximum atomic E-state index is 11.1. The van der Waals surface area contributed by atoms with Crippen molar-refractivity contribution in [3.05, 3.63) is 68.6 Å². The molecule has 0 N–H and O–H groups in total. The largest absolute Gasteiger partial charge is 0.289 e. The number of non-ortho nitro benzene ring substituents is 1. The molecule has 0 aliphatic heterocycles. The number of imidazole rings is 1. The first-order chi connectivity index (χ1) is 11.6. The Hall–Kier alpha value is -2.77. The first kappa shape index (κ1) is 14.8. The van der Waals surface area contributed by atoms with Crippen LogP contribution in [0.3, 0.4) is 0 Å². The van der Waals surface area contributed by atoms with Gasteiger partial charge in [-0.05, 0) is 30.4 Å². The lowest BCUT2D eigenvalue weighted by Gasteiger charge is -2.00. The molecule has 0 saturated carbocycles. The summed E-state index contributed by atoms with van der Waals surface area (Å²) >= 11 is 7.66. The van der Waals surface area contributed by atoms with Crippen molar-refractivity contribution in [3.63, 3.8) is 0 Å². The van der Waals surface area contributed by atoms with Crippen molar-refractivity contribution in [3.8, 4) is 0 Å². The van der Waals surface area contributed by atoms with Crippen LogP contribution in [0.25, 0.3) is 28.0 Å². The number of rotatable bonds is 3. The second-order valence-corrected chi connectivity index (χ2v) is 6.24. The molecule has 118 valence electrons. The molecule has 8 heteroatoms. The number of thiazole rings is 1. The van der Waals surface area contributed by atoms with E-state index in [0.29, 0.717) is 21.7 Å². The Bertz CT molecular complexity index is 1120. The van der Waals surface area contributed by atoms with Crippen molar-refractivity contribution in [1.82, 2.24) is 14.4 Å². The minimum absolute atomic E-state index is 0.0503. The number of fused-ring (bicyclic) bond motifs is 2. The predicted molar refractivity (Wildman–Crippen MR) is 95.4 cm³/mol. The first-order valence-electron chi connectivity index (χ1n) is 6.97. The zero-order valence-electron chi connectivity index (χ0n) is 12.1. The van der Waals surface area contributed by atoms with Gasteiger partial charge in [0.25, 0.3) is 5.69 Å². The quantitative estimate of drug-likeness (QED) is 0.394. The highest BCUT2D eigenvalue weighted by Gasteiger charge is 2.12. The van der Waals surface area contributed by atoms with Crippen molar-refractivity contribution in [1.29, 1.82) is 0 Å². The Balaban J connectivity index is 1.76. The predicted octanol–water partition coefficient (Wildman–Crippen LogP) is 4.68. The molecule has 0 radical (unpaired) electrons. The molecule has 0 atom stereocenters. The lowest BCUT2D eigenvalue weighted by atomic mass is 10.1. The molecule has 0 fully saturated rings. The molecule has 6 nitrogen and oxygen atoms in total. The third kappa shape index (κ3) is 2.44. The van der Waals surface area contributed by atoms with E-state index in [4.69, 9.17) is 11.6 Å². The second-order valence-electron chi connectivity index (χ2n) is 5.01. The fourth-order valence-corrected chi connectivity index (χ4v) is 3.50. The van der Waals surface area contributed by atoms with Gasteiger partial charge in [-0.3, -0.25) is 14.5 Å². The van der Waals surface area contributed by atoms with E-state index in [-0.39, 0.29) is 5.69 Å². The van der Waals surface area contributed by atoms with Crippen LogP contribution in [0.1, 0.15) is 11.4 Å². The van der Waals surface area contributed by atoms with Gasteiger partial charge in [0.15, 0.2) is 10.1 Å². The van der Waals surface area contributed by atoms with Crippen LogP contribution in [0.2, 0.25) is 5.15 Å². The first-order valence-corrected chi connectivity index (χ1v) is 8.22. The average Bonchev–Trinajstić information content (AvgIpc) is 3.12. The number of benzene rings is 1. The normalized spacial score (nSPS) is 11.7. The van der Waals surface area contributed by atoms with Gasteiger partial charge in [-0.25, -0.2) is 9.97 Å². The maximum absolute atomic E-state index is 11.1. The van der Waals surface area contributed by atoms with Gasteiger partial charge >= 0.3 is 0 Å². The summed E-state index contributed by atoms with van der Waals surface area (Å²) in [5.74, 6) is 0. The van der Waals surface area contributed by atoms with E-state index in [1.54, 1.807) is 24.3 Å². The van der Waals surface area contributed by atoms with Crippen LogP contribution in [0.5, 0.6) is 0 Å². The average molecular weight is 357 g/mol. The standard InChI is InChI=1S/C16H9ClN4O2S/c17-15-14(20-8-9-24-16(20)19-15)7-5-10-4-6-11-12(18-10)2-1-3-13(11)21(22)23/h1-9H/b7-5+. The van der Waals surface area contributed by atoms with Gasteiger partial charge in [-0.2, -0.15) is 0 Å². The fourth-order valence-electron chi connectivity index (χ4n) is 2.50. The molecule has 24 heavy (non-hydrogen) atoms. The van der Waals surface area contributed by atoms with E-state index in [1.807, 2.05) is 28.1 Å². The topological polar surface area (TPSA) is 73.3 Å². The van der Waals surface area contributed by atoms with Gasteiger partial charge in [0.1, 0.15) is 0 Å². The lowest BCUT2D eigenvalue weighted by molar-refractivity contribution is -0.383. The summed E-state index contributed by atoms with van der Waals surface area (Å²) in [5.41, 5.74) is 2.08. The summed E-state index contributed by atoms with van der Waals surface area (Å²) in [6.45, 7) is 0. The van der Waals surface area contributed by atoms with Gasteiger partial charge in [-0.15, -0.1) is 11.3 Å². The summed E-state index contributed by atoms with van der Waals surface area (Å²) in [6, 6.07) is 8.30. The van der Waals surface area contributed by atoms with Crippen molar-refractivity contribution in [2.24, 2.45) is 0 Å². The molecule has 0 bridgehead atoms. The molecule has 4 aromatic rings. The summed E-state index contributed by atoms with van der Waals surface area (Å²) in [4.78, 5) is 20.2. The molecular formula is C16H9ClN4O2S. The molecule has 3 aromatic heterocycles. The van der Waals surface area contributed by atoms with Crippen LogP contribution < -0.4 is 0 Å². The van der Waals surface area contributed by atoms with Crippen LogP contribution in [0.15, 0.2) is 41.9 Å². The number of halogens is 1. The minimum atomic E-state index is -0.404. The van der Waals surface area contributed by atoms with Crippen molar-refractivity contribution in [2.75, 3.05) is 0 Å². The van der Waals surface area contributed by atoms with Gasteiger partial charge < -0.3 is 0 Å². The molecule has 4 rings (SSSR count). The lowest BCUT2D eigenvalue weighted by Crippen LogP contribution is -1.91. The second kappa shape index (κ2) is 5.70. The number of aromatic nitrogens is 3. The van der Waals surface area contributed by atoms with Gasteiger partial charge in [-0.1, -0.05) is 17.7 Å². The maximum Gasteiger partial charge on any atom is 0.278 e. The molecule has 0 amide bonds. The van der Waals surface area contributed by atoms with Crippen molar-refractivity contribution >= 4 is 56.6 Å². The highest BCUT2D eigenvalue weighted by molar-refractivity contribution is 7.15. The third-order valence-electron chi connectivity index (χ3n) is 3.59. The summed E-state index contributed by atoms with van der Waals surface area (Å²) < 4.78 is 1.90. The van der Waals surface area contributed by atoms with Crippen LogP contribution in [0, 0.1) is 10.1 Å². The smallest absolute Gasteiger partial charge is 0.278 e. The minimum Gasteiger partial charge on any atom is -0.289 e. The molecule has 0 aliphatic carbocycles. The molecule has 0 saturated heterocycles.